The monoisotopic (exact) mass is 307 g/mol. The molecule has 1 saturated carbocycles. The molecule has 2 rings (SSSR count). The Bertz CT molecular complexity index is 545. The fourth-order valence-electron chi connectivity index (χ4n) is 2.69. The van der Waals surface area contributed by atoms with Crippen molar-refractivity contribution in [3.8, 4) is 17.2 Å². The van der Waals surface area contributed by atoms with Crippen LogP contribution in [0.3, 0.4) is 0 Å². The molecular formula is C16H21NO5. The van der Waals surface area contributed by atoms with Crippen LogP contribution in [0.25, 0.3) is 0 Å². The highest BCUT2D eigenvalue weighted by molar-refractivity contribution is 5.92. The first-order valence-corrected chi connectivity index (χ1v) is 7.19. The van der Waals surface area contributed by atoms with Crippen molar-refractivity contribution in [3.05, 3.63) is 12.1 Å². The second kappa shape index (κ2) is 7.15. The third-order valence-electron chi connectivity index (χ3n) is 3.77. The molecule has 1 atom stereocenters. The van der Waals surface area contributed by atoms with E-state index in [9.17, 15) is 9.59 Å². The second-order valence-corrected chi connectivity index (χ2v) is 5.31. The molecule has 1 aromatic rings. The third kappa shape index (κ3) is 3.69. The lowest BCUT2D eigenvalue weighted by Crippen LogP contribution is -2.15. The number of rotatable bonds is 6. The van der Waals surface area contributed by atoms with Crippen molar-refractivity contribution in [1.29, 1.82) is 0 Å². The molecule has 1 amide bonds. The van der Waals surface area contributed by atoms with Crippen LogP contribution in [-0.2, 0) is 9.59 Å². The Hall–Kier alpha value is -2.24. The maximum absolute atomic E-state index is 12.1. The molecule has 0 heterocycles. The first-order chi connectivity index (χ1) is 10.6. The van der Waals surface area contributed by atoms with Gasteiger partial charge in [0.25, 0.3) is 0 Å². The molecule has 0 saturated heterocycles. The third-order valence-corrected chi connectivity index (χ3v) is 3.77. The Balaban J connectivity index is 2.08. The minimum atomic E-state index is -0.117. The molecule has 0 aliphatic heterocycles. The number of ether oxygens (including phenoxy) is 3. The Kier molecular flexibility index (Phi) is 5.25. The summed E-state index contributed by atoms with van der Waals surface area (Å²) in [5.41, 5.74) is 0.573. The van der Waals surface area contributed by atoms with Crippen molar-refractivity contribution in [1.82, 2.24) is 0 Å². The van der Waals surface area contributed by atoms with Gasteiger partial charge in [-0.25, -0.2) is 0 Å². The number of hydrogen-bond acceptors (Lipinski definition) is 5. The Morgan fingerprint density at radius 2 is 1.82 bits per heavy atom. The van der Waals surface area contributed by atoms with Gasteiger partial charge in [0, 0.05) is 37.1 Å². The van der Waals surface area contributed by atoms with Gasteiger partial charge in [0.2, 0.25) is 11.7 Å². The first kappa shape index (κ1) is 16.1. The molecule has 1 aromatic carbocycles. The van der Waals surface area contributed by atoms with Gasteiger partial charge in [-0.15, -0.1) is 0 Å². The molecule has 1 unspecified atom stereocenters. The van der Waals surface area contributed by atoms with Gasteiger partial charge in [-0.3, -0.25) is 9.59 Å². The van der Waals surface area contributed by atoms with Crippen molar-refractivity contribution in [3.63, 3.8) is 0 Å². The maximum atomic E-state index is 12.1. The van der Waals surface area contributed by atoms with Crippen LogP contribution in [0.15, 0.2) is 12.1 Å². The van der Waals surface area contributed by atoms with E-state index in [1.54, 1.807) is 12.1 Å². The van der Waals surface area contributed by atoms with Crippen molar-refractivity contribution in [2.24, 2.45) is 5.92 Å². The summed E-state index contributed by atoms with van der Waals surface area (Å²) in [6.07, 6.45) is 2.23. The number of hydrogen-bond donors (Lipinski definition) is 1. The molecule has 0 bridgehead atoms. The standard InChI is InChI=1S/C16H21NO5/c1-20-13-8-11(9-14(21-2)16(13)22-3)17-15(19)7-10-4-5-12(18)6-10/h8-10H,4-7H2,1-3H3,(H,17,19). The van der Waals surface area contributed by atoms with Crippen LogP contribution in [0.4, 0.5) is 5.69 Å². The molecule has 0 spiro atoms. The minimum Gasteiger partial charge on any atom is -0.493 e. The van der Waals surface area contributed by atoms with Gasteiger partial charge in [0.15, 0.2) is 11.5 Å². The summed E-state index contributed by atoms with van der Waals surface area (Å²) in [5, 5.41) is 2.82. The molecule has 6 heteroatoms. The fraction of sp³-hybridized carbons (Fsp3) is 0.500. The summed E-state index contributed by atoms with van der Waals surface area (Å²) in [6.45, 7) is 0. The number of carbonyl (C=O) groups is 2. The smallest absolute Gasteiger partial charge is 0.224 e. The summed E-state index contributed by atoms with van der Waals surface area (Å²) in [7, 11) is 4.57. The highest BCUT2D eigenvalue weighted by Crippen LogP contribution is 2.40. The largest absolute Gasteiger partial charge is 0.493 e. The Morgan fingerprint density at radius 3 is 2.27 bits per heavy atom. The number of methoxy groups -OCH3 is 3. The molecule has 22 heavy (non-hydrogen) atoms. The van der Waals surface area contributed by atoms with Crippen LogP contribution in [0.2, 0.25) is 0 Å². The molecule has 1 aliphatic rings. The quantitative estimate of drug-likeness (QED) is 0.873. The fourth-order valence-corrected chi connectivity index (χ4v) is 2.69. The van der Waals surface area contributed by atoms with Gasteiger partial charge in [0.1, 0.15) is 5.78 Å². The molecule has 120 valence electrons. The van der Waals surface area contributed by atoms with E-state index in [0.717, 1.165) is 6.42 Å². The number of carbonyl (C=O) groups excluding carboxylic acids is 2. The van der Waals surface area contributed by atoms with Crippen molar-refractivity contribution in [2.75, 3.05) is 26.6 Å². The molecule has 1 N–H and O–H groups in total. The average molecular weight is 307 g/mol. The molecule has 1 fully saturated rings. The summed E-state index contributed by atoms with van der Waals surface area (Å²) >= 11 is 0. The van der Waals surface area contributed by atoms with Crippen LogP contribution in [-0.4, -0.2) is 33.0 Å². The number of amides is 1. The lowest BCUT2D eigenvalue weighted by atomic mass is 10.0. The van der Waals surface area contributed by atoms with Gasteiger partial charge < -0.3 is 19.5 Å². The predicted molar refractivity (Wildman–Crippen MR) is 81.7 cm³/mol. The van der Waals surface area contributed by atoms with Gasteiger partial charge >= 0.3 is 0 Å². The van der Waals surface area contributed by atoms with Gasteiger partial charge in [-0.1, -0.05) is 0 Å². The number of ketones is 1. The van der Waals surface area contributed by atoms with Crippen LogP contribution in [0.1, 0.15) is 25.7 Å². The normalized spacial score (nSPS) is 17.2. The average Bonchev–Trinajstić information content (AvgIpc) is 2.90. The Morgan fingerprint density at radius 1 is 1.18 bits per heavy atom. The summed E-state index contributed by atoms with van der Waals surface area (Å²) in [6, 6.07) is 3.36. The van der Waals surface area contributed by atoms with E-state index in [4.69, 9.17) is 14.2 Å². The van der Waals surface area contributed by atoms with Gasteiger partial charge in [-0.2, -0.15) is 0 Å². The van der Waals surface area contributed by atoms with Crippen LogP contribution in [0.5, 0.6) is 17.2 Å². The molecular weight excluding hydrogens is 286 g/mol. The molecule has 0 aromatic heterocycles. The van der Waals surface area contributed by atoms with Crippen LogP contribution >= 0.6 is 0 Å². The van der Waals surface area contributed by atoms with Crippen LogP contribution in [0, 0.1) is 5.92 Å². The summed E-state index contributed by atoms with van der Waals surface area (Å²) in [5.74, 6) is 1.71. The number of Topliss-reactive ketones (excluding diaryl/α,β-unsaturated/α-hetero) is 1. The van der Waals surface area contributed by atoms with E-state index >= 15 is 0 Å². The second-order valence-electron chi connectivity index (χ2n) is 5.31. The lowest BCUT2D eigenvalue weighted by molar-refractivity contribution is -0.118. The van der Waals surface area contributed by atoms with Gasteiger partial charge in [-0.05, 0) is 12.3 Å². The maximum Gasteiger partial charge on any atom is 0.224 e. The number of nitrogens with one attached hydrogen (secondary N) is 1. The summed E-state index contributed by atoms with van der Waals surface area (Å²) < 4.78 is 15.7. The van der Waals surface area contributed by atoms with Gasteiger partial charge in [0.05, 0.1) is 21.3 Å². The topological polar surface area (TPSA) is 73.9 Å². The zero-order chi connectivity index (χ0) is 16.1. The van der Waals surface area contributed by atoms with E-state index in [1.807, 2.05) is 0 Å². The van der Waals surface area contributed by atoms with E-state index < -0.39 is 0 Å². The van der Waals surface area contributed by atoms with Crippen molar-refractivity contribution in [2.45, 2.75) is 25.7 Å². The van der Waals surface area contributed by atoms with E-state index in [-0.39, 0.29) is 17.6 Å². The summed E-state index contributed by atoms with van der Waals surface area (Å²) in [4.78, 5) is 23.3. The highest BCUT2D eigenvalue weighted by Gasteiger charge is 2.24. The first-order valence-electron chi connectivity index (χ1n) is 7.19. The van der Waals surface area contributed by atoms with E-state index in [1.165, 1.54) is 21.3 Å². The Labute approximate surface area is 129 Å². The van der Waals surface area contributed by atoms with Crippen molar-refractivity contribution >= 4 is 17.4 Å². The highest BCUT2D eigenvalue weighted by atomic mass is 16.5. The van der Waals surface area contributed by atoms with Crippen LogP contribution < -0.4 is 19.5 Å². The minimum absolute atomic E-state index is 0.117. The molecule has 6 nitrogen and oxygen atoms in total. The van der Waals surface area contributed by atoms with E-state index in [2.05, 4.69) is 5.32 Å². The molecule has 0 radical (unpaired) electrons. The zero-order valence-electron chi connectivity index (χ0n) is 13.1. The van der Waals surface area contributed by atoms with Crippen molar-refractivity contribution < 1.29 is 23.8 Å². The SMILES string of the molecule is COc1cc(NC(=O)CC2CCC(=O)C2)cc(OC)c1OC. The predicted octanol–water partition coefficient (Wildman–Crippen LogP) is 2.41. The van der Waals surface area contributed by atoms with E-state index in [0.29, 0.717) is 42.2 Å². The number of benzene rings is 1. The zero-order valence-corrected chi connectivity index (χ0v) is 13.1. The lowest BCUT2D eigenvalue weighted by Gasteiger charge is -2.15. The number of anilines is 1. The molecule has 1 aliphatic carbocycles.